The van der Waals surface area contributed by atoms with Crippen molar-refractivity contribution in [2.75, 3.05) is 5.32 Å². The number of nitrogens with zero attached hydrogens (tertiary/aromatic N) is 2. The predicted molar refractivity (Wildman–Crippen MR) is 91.8 cm³/mol. The van der Waals surface area contributed by atoms with Gasteiger partial charge in [0.05, 0.1) is 12.1 Å². The van der Waals surface area contributed by atoms with E-state index in [2.05, 4.69) is 31.2 Å². The lowest BCUT2D eigenvalue weighted by atomic mass is 10.2. The zero-order chi connectivity index (χ0) is 15.4. The summed E-state index contributed by atoms with van der Waals surface area (Å²) in [5.41, 5.74) is 2.55. The van der Waals surface area contributed by atoms with Crippen LogP contribution in [0.1, 0.15) is 5.69 Å². The van der Waals surface area contributed by atoms with Gasteiger partial charge < -0.3 is 5.32 Å². The molecular formula is C16H12BrN3OS. The van der Waals surface area contributed by atoms with Crippen molar-refractivity contribution in [1.29, 1.82) is 0 Å². The van der Waals surface area contributed by atoms with E-state index in [4.69, 9.17) is 0 Å². The van der Waals surface area contributed by atoms with Crippen molar-refractivity contribution in [2.45, 2.75) is 6.42 Å². The fourth-order valence-corrected chi connectivity index (χ4v) is 3.16. The Morgan fingerprint density at radius 3 is 2.82 bits per heavy atom. The Morgan fingerprint density at radius 1 is 1.23 bits per heavy atom. The number of aromatic nitrogens is 2. The zero-order valence-corrected chi connectivity index (χ0v) is 13.9. The van der Waals surface area contributed by atoms with Crippen LogP contribution >= 0.6 is 27.3 Å². The molecule has 1 N–H and O–H groups in total. The summed E-state index contributed by atoms with van der Waals surface area (Å²) < 4.78 is 1.01. The van der Waals surface area contributed by atoms with Gasteiger partial charge in [-0.05, 0) is 24.3 Å². The normalized spacial score (nSPS) is 10.4. The number of anilines is 1. The Labute approximate surface area is 140 Å². The number of hydrogen-bond acceptors (Lipinski definition) is 4. The van der Waals surface area contributed by atoms with E-state index in [0.29, 0.717) is 0 Å². The Kier molecular flexibility index (Phi) is 4.60. The van der Waals surface area contributed by atoms with Crippen LogP contribution in [0.3, 0.4) is 0 Å². The van der Waals surface area contributed by atoms with Gasteiger partial charge in [0.1, 0.15) is 5.01 Å². The van der Waals surface area contributed by atoms with Crippen LogP contribution in [0.2, 0.25) is 0 Å². The first-order valence-corrected chi connectivity index (χ1v) is 8.28. The molecule has 3 rings (SSSR count). The molecule has 4 nitrogen and oxygen atoms in total. The van der Waals surface area contributed by atoms with Gasteiger partial charge in [-0.1, -0.05) is 28.1 Å². The first-order chi connectivity index (χ1) is 10.7. The second kappa shape index (κ2) is 6.81. The maximum absolute atomic E-state index is 12.0. The molecule has 0 fully saturated rings. The van der Waals surface area contributed by atoms with Crippen molar-refractivity contribution in [3.05, 3.63) is 64.3 Å². The molecule has 1 amide bonds. The summed E-state index contributed by atoms with van der Waals surface area (Å²) in [6.07, 6.45) is 3.54. The zero-order valence-electron chi connectivity index (χ0n) is 11.5. The lowest BCUT2D eigenvalue weighted by Crippen LogP contribution is -2.14. The highest BCUT2D eigenvalue weighted by Gasteiger charge is 2.09. The van der Waals surface area contributed by atoms with Gasteiger partial charge in [-0.3, -0.25) is 9.78 Å². The van der Waals surface area contributed by atoms with E-state index in [1.807, 2.05) is 29.6 Å². The Morgan fingerprint density at radius 2 is 2.05 bits per heavy atom. The first-order valence-electron chi connectivity index (χ1n) is 6.61. The minimum absolute atomic E-state index is 0.0858. The minimum atomic E-state index is -0.0858. The largest absolute Gasteiger partial charge is 0.326 e. The second-order valence-electron chi connectivity index (χ2n) is 4.62. The molecule has 0 saturated carbocycles. The summed E-state index contributed by atoms with van der Waals surface area (Å²) in [6.45, 7) is 0. The lowest BCUT2D eigenvalue weighted by molar-refractivity contribution is -0.115. The lowest BCUT2D eigenvalue weighted by Gasteiger charge is -2.02. The minimum Gasteiger partial charge on any atom is -0.326 e. The van der Waals surface area contributed by atoms with E-state index >= 15 is 0 Å². The topological polar surface area (TPSA) is 54.9 Å². The third-order valence-corrected chi connectivity index (χ3v) is 4.36. The van der Waals surface area contributed by atoms with E-state index in [-0.39, 0.29) is 12.3 Å². The van der Waals surface area contributed by atoms with Gasteiger partial charge in [0.15, 0.2) is 0 Å². The van der Waals surface area contributed by atoms with Gasteiger partial charge in [0, 0.05) is 33.5 Å². The molecule has 110 valence electrons. The van der Waals surface area contributed by atoms with Gasteiger partial charge in [-0.15, -0.1) is 11.3 Å². The Bertz CT molecular complexity index is 789. The van der Waals surface area contributed by atoms with Gasteiger partial charge in [-0.25, -0.2) is 4.98 Å². The fraction of sp³-hybridized carbons (Fsp3) is 0.0625. The maximum Gasteiger partial charge on any atom is 0.230 e. The third kappa shape index (κ3) is 3.78. The van der Waals surface area contributed by atoms with Crippen molar-refractivity contribution in [3.8, 4) is 10.6 Å². The van der Waals surface area contributed by atoms with Crippen molar-refractivity contribution < 1.29 is 4.79 Å². The van der Waals surface area contributed by atoms with E-state index in [1.165, 1.54) is 11.3 Å². The van der Waals surface area contributed by atoms with Crippen LogP contribution in [0.15, 0.2) is 58.6 Å². The van der Waals surface area contributed by atoms with E-state index in [9.17, 15) is 4.79 Å². The number of carbonyl (C=O) groups is 1. The summed E-state index contributed by atoms with van der Waals surface area (Å²) >= 11 is 4.99. The van der Waals surface area contributed by atoms with Crippen LogP contribution in [0, 0.1) is 0 Å². The van der Waals surface area contributed by atoms with Crippen molar-refractivity contribution in [2.24, 2.45) is 0 Å². The molecule has 0 radical (unpaired) electrons. The molecule has 2 heterocycles. The summed E-state index contributed by atoms with van der Waals surface area (Å²) in [7, 11) is 0. The monoisotopic (exact) mass is 373 g/mol. The van der Waals surface area contributed by atoms with Crippen LogP contribution in [0.25, 0.3) is 10.6 Å². The number of pyridine rings is 1. The van der Waals surface area contributed by atoms with E-state index in [0.717, 1.165) is 26.4 Å². The average molecular weight is 374 g/mol. The number of benzene rings is 1. The maximum atomic E-state index is 12.0. The summed E-state index contributed by atoms with van der Waals surface area (Å²) in [6, 6.07) is 11.5. The number of amides is 1. The van der Waals surface area contributed by atoms with Gasteiger partial charge in [0.25, 0.3) is 0 Å². The molecular weight excluding hydrogens is 362 g/mol. The van der Waals surface area contributed by atoms with Crippen molar-refractivity contribution >= 4 is 38.9 Å². The number of hydrogen-bond donors (Lipinski definition) is 1. The summed E-state index contributed by atoms with van der Waals surface area (Å²) in [5, 5.41) is 5.66. The molecule has 0 aliphatic heterocycles. The van der Waals surface area contributed by atoms with Crippen LogP contribution in [0.5, 0.6) is 0 Å². The van der Waals surface area contributed by atoms with Gasteiger partial charge in [-0.2, -0.15) is 0 Å². The molecule has 0 aliphatic carbocycles. The summed E-state index contributed by atoms with van der Waals surface area (Å²) in [4.78, 5) is 20.4. The highest BCUT2D eigenvalue weighted by atomic mass is 79.9. The average Bonchev–Trinajstić information content (AvgIpc) is 2.96. The van der Waals surface area contributed by atoms with Gasteiger partial charge in [0.2, 0.25) is 5.91 Å². The number of rotatable bonds is 4. The molecule has 0 bridgehead atoms. The standard InChI is InChI=1S/C16H12BrN3OS/c17-12-3-1-2-11(8-12)16-20-14(10-22-16)9-15(21)19-13-4-6-18-7-5-13/h1-8,10H,9H2,(H,18,19,21). The summed E-state index contributed by atoms with van der Waals surface area (Å²) in [5.74, 6) is -0.0858. The quantitative estimate of drug-likeness (QED) is 0.747. The van der Waals surface area contributed by atoms with Crippen LogP contribution in [-0.2, 0) is 11.2 Å². The fourth-order valence-electron chi connectivity index (χ4n) is 1.95. The number of nitrogens with one attached hydrogen (secondary N) is 1. The molecule has 0 atom stereocenters. The molecule has 3 aromatic rings. The molecule has 0 unspecified atom stereocenters. The molecule has 6 heteroatoms. The molecule has 0 aliphatic rings. The first kappa shape index (κ1) is 14.9. The van der Waals surface area contributed by atoms with Crippen LogP contribution in [-0.4, -0.2) is 15.9 Å². The second-order valence-corrected chi connectivity index (χ2v) is 6.39. The number of halogens is 1. The molecule has 22 heavy (non-hydrogen) atoms. The molecule has 1 aromatic carbocycles. The third-order valence-electron chi connectivity index (χ3n) is 2.93. The smallest absolute Gasteiger partial charge is 0.230 e. The van der Waals surface area contributed by atoms with Crippen molar-refractivity contribution in [3.63, 3.8) is 0 Å². The van der Waals surface area contributed by atoms with Crippen molar-refractivity contribution in [1.82, 2.24) is 9.97 Å². The number of thiazole rings is 1. The van der Waals surface area contributed by atoms with Gasteiger partial charge >= 0.3 is 0 Å². The molecule has 0 spiro atoms. The van der Waals surface area contributed by atoms with Crippen LogP contribution in [0.4, 0.5) is 5.69 Å². The van der Waals surface area contributed by atoms with E-state index in [1.54, 1.807) is 24.5 Å². The molecule has 2 aromatic heterocycles. The molecule has 0 saturated heterocycles. The number of carbonyl (C=O) groups excluding carboxylic acids is 1. The predicted octanol–water partition coefficient (Wildman–Crippen LogP) is 4.15. The van der Waals surface area contributed by atoms with E-state index < -0.39 is 0 Å². The Hall–Kier alpha value is -2.05. The van der Waals surface area contributed by atoms with Crippen LogP contribution < -0.4 is 5.32 Å². The highest BCUT2D eigenvalue weighted by molar-refractivity contribution is 9.10. The Balaban J connectivity index is 1.68. The SMILES string of the molecule is O=C(Cc1csc(-c2cccc(Br)c2)n1)Nc1ccncc1. The highest BCUT2D eigenvalue weighted by Crippen LogP contribution is 2.26.